The molecule has 0 fully saturated rings. The van der Waals surface area contributed by atoms with E-state index < -0.39 is 0 Å². The van der Waals surface area contributed by atoms with Crippen molar-refractivity contribution in [1.29, 1.82) is 0 Å². The number of nitrogens with zero attached hydrogens (tertiary/aromatic N) is 4. The van der Waals surface area contributed by atoms with Gasteiger partial charge in [0.2, 0.25) is 0 Å². The summed E-state index contributed by atoms with van der Waals surface area (Å²) in [5.74, 6) is 0.0576. The maximum atomic E-state index is 13.7. The van der Waals surface area contributed by atoms with Gasteiger partial charge < -0.3 is 4.85 Å². The van der Waals surface area contributed by atoms with E-state index in [1.807, 2.05) is 18.2 Å². The van der Waals surface area contributed by atoms with Gasteiger partial charge >= 0.3 is 0 Å². The van der Waals surface area contributed by atoms with Crippen molar-refractivity contribution in [2.24, 2.45) is 0 Å². The molecule has 0 aliphatic rings. The van der Waals surface area contributed by atoms with Crippen LogP contribution in [0.15, 0.2) is 54.7 Å². The monoisotopic (exact) mass is 278 g/mol. The van der Waals surface area contributed by atoms with Crippen LogP contribution in [0.2, 0.25) is 0 Å². The second-order valence-corrected chi connectivity index (χ2v) is 4.46. The van der Waals surface area contributed by atoms with Crippen LogP contribution in [0.5, 0.6) is 0 Å². The highest BCUT2D eigenvalue weighted by Crippen LogP contribution is 2.23. The summed E-state index contributed by atoms with van der Waals surface area (Å²) in [5.41, 5.74) is 1.80. The fourth-order valence-electron chi connectivity index (χ4n) is 2.04. The van der Waals surface area contributed by atoms with Gasteiger partial charge in [-0.15, -0.1) is 0 Å². The molecule has 0 amide bonds. The molecular formula is C16H11FN4. The van der Waals surface area contributed by atoms with Crippen molar-refractivity contribution < 1.29 is 4.39 Å². The lowest BCUT2D eigenvalue weighted by Gasteiger charge is -2.01. The summed E-state index contributed by atoms with van der Waals surface area (Å²) in [6.45, 7) is 7.45. The van der Waals surface area contributed by atoms with E-state index in [2.05, 4.69) is 14.9 Å². The molecule has 0 aliphatic heterocycles. The second-order valence-electron chi connectivity index (χ2n) is 4.46. The average molecular weight is 278 g/mol. The molecule has 0 unspecified atom stereocenters. The maximum Gasteiger partial charge on any atom is 0.253 e. The molecule has 102 valence electrons. The van der Waals surface area contributed by atoms with E-state index in [0.717, 1.165) is 0 Å². The van der Waals surface area contributed by atoms with Gasteiger partial charge in [-0.05, 0) is 24.3 Å². The first-order valence-corrected chi connectivity index (χ1v) is 6.38. The third-order valence-corrected chi connectivity index (χ3v) is 3.08. The van der Waals surface area contributed by atoms with Gasteiger partial charge in [-0.3, -0.25) is 4.98 Å². The van der Waals surface area contributed by atoms with Gasteiger partial charge in [-0.1, -0.05) is 35.9 Å². The number of hydrogen-bond donors (Lipinski definition) is 0. The average Bonchev–Trinajstić information content (AvgIpc) is 2.93. The molecule has 0 saturated heterocycles. The van der Waals surface area contributed by atoms with Crippen molar-refractivity contribution in [3.63, 3.8) is 0 Å². The van der Waals surface area contributed by atoms with Crippen LogP contribution in [0.25, 0.3) is 16.2 Å². The molecule has 4 nitrogen and oxygen atoms in total. The van der Waals surface area contributed by atoms with E-state index in [4.69, 9.17) is 6.57 Å². The summed E-state index contributed by atoms with van der Waals surface area (Å²) < 4.78 is 15.2. The molecule has 1 aromatic carbocycles. The van der Waals surface area contributed by atoms with Gasteiger partial charge in [0, 0.05) is 11.8 Å². The topological polar surface area (TPSA) is 35.1 Å². The van der Waals surface area contributed by atoms with E-state index in [1.165, 1.54) is 10.7 Å². The summed E-state index contributed by atoms with van der Waals surface area (Å²) >= 11 is 0. The molecule has 2 heterocycles. The number of rotatable bonds is 3. The Labute approximate surface area is 121 Å². The summed E-state index contributed by atoms with van der Waals surface area (Å²) in [5, 5.41) is 4.36. The van der Waals surface area contributed by atoms with Crippen molar-refractivity contribution in [3.05, 3.63) is 77.5 Å². The van der Waals surface area contributed by atoms with E-state index >= 15 is 0 Å². The van der Waals surface area contributed by atoms with Crippen LogP contribution in [-0.4, -0.2) is 14.8 Å². The SMILES string of the molecule is [C-]#[N+]c1cc(-c2ccccn2)nn1Cc1ccccc1F. The molecule has 0 radical (unpaired) electrons. The third-order valence-electron chi connectivity index (χ3n) is 3.08. The van der Waals surface area contributed by atoms with Gasteiger partial charge in [0.25, 0.3) is 5.82 Å². The van der Waals surface area contributed by atoms with Crippen molar-refractivity contribution in [1.82, 2.24) is 14.8 Å². The van der Waals surface area contributed by atoms with E-state index in [-0.39, 0.29) is 12.4 Å². The number of halogens is 1. The zero-order valence-electron chi connectivity index (χ0n) is 11.1. The molecule has 0 atom stereocenters. The fourth-order valence-corrected chi connectivity index (χ4v) is 2.04. The summed E-state index contributed by atoms with van der Waals surface area (Å²) in [7, 11) is 0. The zero-order chi connectivity index (χ0) is 14.7. The van der Waals surface area contributed by atoms with Crippen LogP contribution in [-0.2, 0) is 6.54 Å². The molecule has 0 N–H and O–H groups in total. The fraction of sp³-hybridized carbons (Fsp3) is 0.0625. The van der Waals surface area contributed by atoms with E-state index in [1.54, 1.807) is 30.5 Å². The Morgan fingerprint density at radius 3 is 2.62 bits per heavy atom. The predicted octanol–water partition coefficient (Wildman–Crippen LogP) is 3.68. The maximum absolute atomic E-state index is 13.7. The summed E-state index contributed by atoms with van der Waals surface area (Å²) in [6, 6.07) is 13.6. The molecule has 21 heavy (non-hydrogen) atoms. The molecule has 0 saturated carbocycles. The van der Waals surface area contributed by atoms with Crippen LogP contribution in [0.4, 0.5) is 10.2 Å². The van der Waals surface area contributed by atoms with Crippen molar-refractivity contribution >= 4 is 5.82 Å². The van der Waals surface area contributed by atoms with Crippen LogP contribution < -0.4 is 0 Å². The molecule has 5 heteroatoms. The first kappa shape index (κ1) is 13.0. The predicted molar refractivity (Wildman–Crippen MR) is 77.2 cm³/mol. The molecule has 2 aromatic heterocycles. The first-order valence-electron chi connectivity index (χ1n) is 6.38. The van der Waals surface area contributed by atoms with Crippen LogP contribution in [0.1, 0.15) is 5.56 Å². The Bertz CT molecular complexity index is 803. The molecular weight excluding hydrogens is 267 g/mol. The minimum absolute atomic E-state index is 0.219. The lowest BCUT2D eigenvalue weighted by molar-refractivity contribution is 0.588. The van der Waals surface area contributed by atoms with Crippen LogP contribution >= 0.6 is 0 Å². The normalized spacial score (nSPS) is 10.3. The summed E-state index contributed by atoms with van der Waals surface area (Å²) in [4.78, 5) is 7.65. The summed E-state index contributed by atoms with van der Waals surface area (Å²) in [6.07, 6.45) is 1.67. The highest BCUT2D eigenvalue weighted by atomic mass is 19.1. The van der Waals surface area contributed by atoms with Gasteiger partial charge in [-0.25, -0.2) is 4.39 Å². The van der Waals surface area contributed by atoms with Gasteiger partial charge in [-0.2, -0.15) is 4.68 Å². The molecule has 3 rings (SSSR count). The number of benzene rings is 1. The highest BCUT2D eigenvalue weighted by molar-refractivity contribution is 5.59. The second kappa shape index (κ2) is 5.55. The standard InChI is InChI=1S/C16H11FN4/c1-18-16-10-15(14-8-4-5-9-19-14)20-21(16)11-12-6-2-3-7-13(12)17/h2-10H,11H2. The molecule has 0 aliphatic carbocycles. The third kappa shape index (κ3) is 2.65. The van der Waals surface area contributed by atoms with Gasteiger partial charge in [0.1, 0.15) is 18.1 Å². The Morgan fingerprint density at radius 2 is 1.90 bits per heavy atom. The van der Waals surface area contributed by atoms with E-state index in [0.29, 0.717) is 22.8 Å². The van der Waals surface area contributed by atoms with Crippen molar-refractivity contribution in [2.45, 2.75) is 6.54 Å². The van der Waals surface area contributed by atoms with Crippen molar-refractivity contribution in [3.8, 4) is 11.4 Å². The quantitative estimate of drug-likeness (QED) is 0.685. The first-order chi connectivity index (χ1) is 10.3. The van der Waals surface area contributed by atoms with Crippen molar-refractivity contribution in [2.75, 3.05) is 0 Å². The minimum atomic E-state index is -0.302. The van der Waals surface area contributed by atoms with Gasteiger partial charge in [0.05, 0.1) is 5.69 Å². The Hall–Kier alpha value is -3.00. The largest absolute Gasteiger partial charge is 0.362 e. The lowest BCUT2D eigenvalue weighted by Crippen LogP contribution is -2.03. The van der Waals surface area contributed by atoms with Crippen LogP contribution in [0.3, 0.4) is 0 Å². The van der Waals surface area contributed by atoms with Crippen LogP contribution in [0, 0.1) is 12.4 Å². The number of pyridine rings is 1. The number of hydrogen-bond acceptors (Lipinski definition) is 2. The molecule has 3 aromatic rings. The van der Waals surface area contributed by atoms with Gasteiger partial charge in [0.15, 0.2) is 0 Å². The Kier molecular flexibility index (Phi) is 3.44. The molecule has 0 bridgehead atoms. The Balaban J connectivity index is 1.98. The molecule has 0 spiro atoms. The minimum Gasteiger partial charge on any atom is -0.362 e. The number of aromatic nitrogens is 3. The zero-order valence-corrected chi connectivity index (χ0v) is 11.1. The smallest absolute Gasteiger partial charge is 0.253 e. The van der Waals surface area contributed by atoms with E-state index in [9.17, 15) is 4.39 Å². The highest BCUT2D eigenvalue weighted by Gasteiger charge is 2.13. The lowest BCUT2D eigenvalue weighted by atomic mass is 10.2. The Morgan fingerprint density at radius 1 is 1.10 bits per heavy atom.